The summed E-state index contributed by atoms with van der Waals surface area (Å²) in [6.45, 7) is 8.08. The van der Waals surface area contributed by atoms with Gasteiger partial charge in [0.25, 0.3) is 0 Å². The number of benzene rings is 1. The summed E-state index contributed by atoms with van der Waals surface area (Å²) in [6, 6.07) is 3.59. The standard InChI is InChI=1S/C19H22F3N3O/c1-10-23-13-7-11-8-15-17(2,3)18(4,12(11)9-14(13)24-10)5-6-25(15)16(26)19(20,21)22/h7,9,15H,5-6,8H2,1-4H3,(H,23,24)/t15-,18+/m1/s1. The van der Waals surface area contributed by atoms with Crippen molar-refractivity contribution in [3.8, 4) is 0 Å². The quantitative estimate of drug-likeness (QED) is 0.770. The second kappa shape index (κ2) is 5.02. The molecule has 1 amide bonds. The molecule has 2 atom stereocenters. The Hall–Kier alpha value is -2.05. The number of amides is 1. The van der Waals surface area contributed by atoms with Crippen LogP contribution in [0.25, 0.3) is 11.0 Å². The van der Waals surface area contributed by atoms with E-state index in [1.54, 1.807) is 0 Å². The number of nitrogens with one attached hydrogen (secondary N) is 1. The van der Waals surface area contributed by atoms with Crippen LogP contribution in [0.5, 0.6) is 0 Å². The predicted molar refractivity (Wildman–Crippen MR) is 91.8 cm³/mol. The first-order valence-electron chi connectivity index (χ1n) is 8.83. The molecule has 4 rings (SSSR count). The van der Waals surface area contributed by atoms with E-state index in [1.807, 2.05) is 26.8 Å². The van der Waals surface area contributed by atoms with Gasteiger partial charge in [-0.05, 0) is 48.4 Å². The Balaban J connectivity index is 1.87. The SMILES string of the molecule is Cc1nc2cc3c(cc2[nH]1)C[C@H]1N(C(=O)C(F)(F)F)CC[C@]3(C)C1(C)C. The van der Waals surface area contributed by atoms with Gasteiger partial charge in [0.05, 0.1) is 11.0 Å². The molecule has 1 saturated heterocycles. The topological polar surface area (TPSA) is 49.0 Å². The summed E-state index contributed by atoms with van der Waals surface area (Å²) in [5.74, 6) is -0.914. The maximum absolute atomic E-state index is 13.1. The van der Waals surface area contributed by atoms with Crippen LogP contribution in [-0.2, 0) is 16.6 Å². The highest BCUT2D eigenvalue weighted by Crippen LogP contribution is 2.56. The lowest BCUT2D eigenvalue weighted by Crippen LogP contribution is -2.66. The van der Waals surface area contributed by atoms with E-state index in [0.717, 1.165) is 32.9 Å². The molecular formula is C19H22F3N3O. The van der Waals surface area contributed by atoms with Crippen LogP contribution >= 0.6 is 0 Å². The number of rotatable bonds is 0. The number of alkyl halides is 3. The first-order chi connectivity index (χ1) is 11.9. The van der Waals surface area contributed by atoms with Gasteiger partial charge in [0.15, 0.2) is 0 Å². The lowest BCUT2D eigenvalue weighted by atomic mass is 9.51. The van der Waals surface area contributed by atoms with Crippen molar-refractivity contribution in [2.45, 2.75) is 58.2 Å². The van der Waals surface area contributed by atoms with Gasteiger partial charge in [-0.2, -0.15) is 13.2 Å². The van der Waals surface area contributed by atoms with Gasteiger partial charge in [0, 0.05) is 18.0 Å². The zero-order valence-electron chi connectivity index (χ0n) is 15.3. The van der Waals surface area contributed by atoms with Crippen LogP contribution in [0.4, 0.5) is 13.2 Å². The van der Waals surface area contributed by atoms with Gasteiger partial charge in [-0.25, -0.2) is 4.98 Å². The van der Waals surface area contributed by atoms with E-state index in [9.17, 15) is 18.0 Å². The molecule has 0 saturated carbocycles. The molecule has 2 heterocycles. The van der Waals surface area contributed by atoms with Gasteiger partial charge in [-0.1, -0.05) is 20.8 Å². The Labute approximate surface area is 149 Å². The van der Waals surface area contributed by atoms with E-state index in [2.05, 4.69) is 23.0 Å². The monoisotopic (exact) mass is 365 g/mol. The third-order valence-corrected chi connectivity index (χ3v) is 6.82. The number of fused-ring (bicyclic) bond motifs is 5. The summed E-state index contributed by atoms with van der Waals surface area (Å²) in [5.41, 5.74) is 3.14. The van der Waals surface area contributed by atoms with E-state index in [-0.39, 0.29) is 12.0 Å². The molecule has 1 aromatic carbocycles. The number of carbonyl (C=O) groups is 1. The van der Waals surface area contributed by atoms with E-state index in [1.165, 1.54) is 0 Å². The number of aromatic amines is 1. The molecule has 0 spiro atoms. The van der Waals surface area contributed by atoms with Gasteiger partial charge in [0.1, 0.15) is 5.82 Å². The fraction of sp³-hybridized carbons (Fsp3) is 0.579. The number of hydrogen-bond donors (Lipinski definition) is 1. The summed E-state index contributed by atoms with van der Waals surface area (Å²) in [5, 5.41) is 0. The fourth-order valence-electron chi connectivity index (χ4n) is 4.95. The van der Waals surface area contributed by atoms with Gasteiger partial charge in [0.2, 0.25) is 0 Å². The van der Waals surface area contributed by atoms with Crippen molar-refractivity contribution in [3.63, 3.8) is 0 Å². The van der Waals surface area contributed by atoms with Crippen LogP contribution in [-0.4, -0.2) is 39.5 Å². The normalized spacial score (nSPS) is 27.5. The third kappa shape index (κ3) is 2.15. The minimum Gasteiger partial charge on any atom is -0.342 e. The van der Waals surface area contributed by atoms with Crippen molar-refractivity contribution in [1.29, 1.82) is 0 Å². The number of aryl methyl sites for hydroxylation is 1. The number of carbonyl (C=O) groups excluding carboxylic acids is 1. The largest absolute Gasteiger partial charge is 0.471 e. The van der Waals surface area contributed by atoms with Crippen molar-refractivity contribution in [1.82, 2.24) is 14.9 Å². The highest BCUT2D eigenvalue weighted by atomic mass is 19.4. The van der Waals surface area contributed by atoms with E-state index < -0.39 is 23.5 Å². The minimum atomic E-state index is -4.84. The van der Waals surface area contributed by atoms with Crippen LogP contribution in [0.15, 0.2) is 12.1 Å². The molecule has 4 nitrogen and oxygen atoms in total. The average molecular weight is 365 g/mol. The lowest BCUT2D eigenvalue weighted by molar-refractivity contribution is -0.195. The molecule has 26 heavy (non-hydrogen) atoms. The Kier molecular flexibility index (Phi) is 3.35. The molecule has 0 unspecified atom stereocenters. The Morgan fingerprint density at radius 1 is 1.31 bits per heavy atom. The Morgan fingerprint density at radius 2 is 2.00 bits per heavy atom. The molecule has 1 N–H and O–H groups in total. The summed E-state index contributed by atoms with van der Waals surface area (Å²) in [6.07, 6.45) is -3.91. The van der Waals surface area contributed by atoms with Crippen molar-refractivity contribution in [3.05, 3.63) is 29.1 Å². The molecule has 1 aliphatic carbocycles. The lowest BCUT2D eigenvalue weighted by Gasteiger charge is -2.60. The van der Waals surface area contributed by atoms with E-state index in [0.29, 0.717) is 12.8 Å². The molecule has 2 bridgehead atoms. The number of halogens is 3. The zero-order valence-corrected chi connectivity index (χ0v) is 15.3. The minimum absolute atomic E-state index is 0.125. The first-order valence-corrected chi connectivity index (χ1v) is 8.83. The Bertz CT molecular complexity index is 915. The van der Waals surface area contributed by atoms with Gasteiger partial charge >= 0.3 is 12.1 Å². The average Bonchev–Trinajstić information content (AvgIpc) is 2.87. The maximum atomic E-state index is 13.1. The number of hydrogen-bond acceptors (Lipinski definition) is 2. The molecule has 2 aromatic rings. The van der Waals surface area contributed by atoms with E-state index >= 15 is 0 Å². The fourth-order valence-corrected chi connectivity index (χ4v) is 4.95. The van der Waals surface area contributed by atoms with Crippen LogP contribution in [0.3, 0.4) is 0 Å². The van der Waals surface area contributed by atoms with Crippen molar-refractivity contribution in [2.75, 3.05) is 6.54 Å². The number of nitrogens with zero attached hydrogens (tertiary/aromatic N) is 2. The van der Waals surface area contributed by atoms with Crippen molar-refractivity contribution >= 4 is 16.9 Å². The molecule has 1 aliphatic heterocycles. The molecule has 7 heteroatoms. The number of imidazole rings is 1. The van der Waals surface area contributed by atoms with Crippen LogP contribution < -0.4 is 0 Å². The van der Waals surface area contributed by atoms with Crippen molar-refractivity contribution < 1.29 is 18.0 Å². The van der Waals surface area contributed by atoms with Crippen LogP contribution in [0.1, 0.15) is 44.1 Å². The Morgan fingerprint density at radius 3 is 2.65 bits per heavy atom. The van der Waals surface area contributed by atoms with Crippen LogP contribution in [0, 0.1) is 12.3 Å². The molecule has 140 valence electrons. The molecule has 1 fully saturated rings. The molecular weight excluding hydrogens is 343 g/mol. The smallest absolute Gasteiger partial charge is 0.342 e. The highest BCUT2D eigenvalue weighted by Gasteiger charge is 2.59. The highest BCUT2D eigenvalue weighted by molar-refractivity contribution is 5.83. The number of aromatic nitrogens is 2. The second-order valence-corrected chi connectivity index (χ2v) is 8.37. The molecule has 0 radical (unpaired) electrons. The summed E-state index contributed by atoms with van der Waals surface area (Å²) >= 11 is 0. The number of piperidine rings is 1. The second-order valence-electron chi connectivity index (χ2n) is 8.37. The third-order valence-electron chi connectivity index (χ3n) is 6.82. The van der Waals surface area contributed by atoms with Gasteiger partial charge < -0.3 is 9.88 Å². The van der Waals surface area contributed by atoms with E-state index in [4.69, 9.17) is 0 Å². The number of likely N-dealkylation sites (tertiary alicyclic amines) is 1. The number of H-pyrrole nitrogens is 1. The maximum Gasteiger partial charge on any atom is 0.471 e. The van der Waals surface area contributed by atoms with Crippen molar-refractivity contribution in [2.24, 2.45) is 5.41 Å². The summed E-state index contributed by atoms with van der Waals surface area (Å²) in [4.78, 5) is 20.8. The zero-order chi connectivity index (χ0) is 19.1. The van der Waals surface area contributed by atoms with Gasteiger partial charge in [-0.3, -0.25) is 4.79 Å². The summed E-state index contributed by atoms with van der Waals surface area (Å²) in [7, 11) is 0. The molecule has 2 aliphatic rings. The summed E-state index contributed by atoms with van der Waals surface area (Å²) < 4.78 is 39.3. The van der Waals surface area contributed by atoms with Gasteiger partial charge in [-0.15, -0.1) is 0 Å². The first kappa shape index (κ1) is 17.4. The predicted octanol–water partition coefficient (Wildman–Crippen LogP) is 3.87. The molecule has 1 aromatic heterocycles. The van der Waals surface area contributed by atoms with Crippen LogP contribution in [0.2, 0.25) is 0 Å².